The number of benzene rings is 1. The van der Waals surface area contributed by atoms with Crippen LogP contribution in [0.5, 0.6) is 0 Å². The summed E-state index contributed by atoms with van der Waals surface area (Å²) in [4.78, 5) is 16.7. The van der Waals surface area contributed by atoms with Crippen LogP contribution in [0.3, 0.4) is 0 Å². The van der Waals surface area contributed by atoms with Crippen LogP contribution in [0.15, 0.2) is 24.3 Å². The Morgan fingerprint density at radius 2 is 1.84 bits per heavy atom. The van der Waals surface area contributed by atoms with Crippen molar-refractivity contribution in [3.8, 4) is 0 Å². The van der Waals surface area contributed by atoms with Crippen LogP contribution >= 0.6 is 0 Å². The van der Waals surface area contributed by atoms with Gasteiger partial charge in [0.05, 0.1) is 12.9 Å². The van der Waals surface area contributed by atoms with Gasteiger partial charge >= 0.3 is 0 Å². The number of sulfonamides is 1. The smallest absolute Gasteiger partial charge is 0.274 e. The van der Waals surface area contributed by atoms with Crippen LogP contribution in [0.4, 0.5) is 5.69 Å². The van der Waals surface area contributed by atoms with Crippen molar-refractivity contribution in [1.29, 1.82) is 0 Å². The summed E-state index contributed by atoms with van der Waals surface area (Å²) >= 11 is 0. The molecule has 2 N–H and O–H groups in total. The van der Waals surface area contributed by atoms with E-state index in [9.17, 15) is 13.2 Å². The molecule has 1 rings (SSSR count). The zero-order chi connectivity index (χ0) is 14.5. The van der Waals surface area contributed by atoms with Crippen LogP contribution in [-0.4, -0.2) is 27.2 Å². The van der Waals surface area contributed by atoms with Crippen LogP contribution in [0.1, 0.15) is 24.2 Å². The van der Waals surface area contributed by atoms with Gasteiger partial charge in [-0.25, -0.2) is 13.9 Å². The van der Waals surface area contributed by atoms with E-state index >= 15 is 0 Å². The first-order chi connectivity index (χ1) is 8.78. The number of nitrogens with one attached hydrogen (secondary N) is 2. The summed E-state index contributed by atoms with van der Waals surface area (Å²) in [6, 6.07) is 6.06. The minimum atomic E-state index is -3.31. The first-order valence-electron chi connectivity index (χ1n) is 5.78. The summed E-state index contributed by atoms with van der Waals surface area (Å²) in [6.45, 7) is 4.37. The molecule has 0 aliphatic rings. The Balaban J connectivity index is 2.58. The molecule has 0 aliphatic heterocycles. The Bertz CT molecular complexity index is 523. The summed E-state index contributed by atoms with van der Waals surface area (Å²) in [5.41, 5.74) is 3.12. The highest BCUT2D eigenvalue weighted by atomic mass is 32.2. The Hall–Kier alpha value is -1.60. The van der Waals surface area contributed by atoms with Crippen molar-refractivity contribution < 1.29 is 18.0 Å². The van der Waals surface area contributed by atoms with Gasteiger partial charge in [0.1, 0.15) is 0 Å². The van der Waals surface area contributed by atoms with E-state index in [1.165, 1.54) is 24.3 Å². The van der Waals surface area contributed by atoms with Crippen molar-refractivity contribution in [2.24, 2.45) is 5.92 Å². The van der Waals surface area contributed by atoms with Gasteiger partial charge in [0.2, 0.25) is 10.0 Å². The molecule has 1 aromatic rings. The van der Waals surface area contributed by atoms with Gasteiger partial charge in [-0.05, 0) is 30.2 Å². The SMILES string of the molecule is CC(C)CONC(=O)c1ccc(NS(C)(=O)=O)cc1. The fourth-order valence-corrected chi connectivity index (χ4v) is 1.80. The largest absolute Gasteiger partial charge is 0.284 e. The molecule has 0 bridgehead atoms. The summed E-state index contributed by atoms with van der Waals surface area (Å²) < 4.78 is 24.3. The number of carbonyl (C=O) groups excluding carboxylic acids is 1. The van der Waals surface area contributed by atoms with Gasteiger partial charge in [-0.3, -0.25) is 14.4 Å². The van der Waals surface area contributed by atoms with E-state index < -0.39 is 10.0 Å². The Labute approximate surface area is 113 Å². The van der Waals surface area contributed by atoms with Gasteiger partial charge in [0.25, 0.3) is 5.91 Å². The highest BCUT2D eigenvalue weighted by Gasteiger charge is 2.07. The fourth-order valence-electron chi connectivity index (χ4n) is 1.24. The average molecular weight is 286 g/mol. The zero-order valence-electron chi connectivity index (χ0n) is 11.1. The molecule has 1 aromatic carbocycles. The molecule has 0 unspecified atom stereocenters. The second-order valence-corrected chi connectivity index (χ2v) is 6.34. The van der Waals surface area contributed by atoms with E-state index in [0.29, 0.717) is 23.8 Å². The number of hydrogen-bond donors (Lipinski definition) is 2. The van der Waals surface area contributed by atoms with E-state index in [1.54, 1.807) is 0 Å². The molecule has 0 atom stereocenters. The molecule has 0 aromatic heterocycles. The number of rotatable bonds is 6. The molecule has 106 valence electrons. The Morgan fingerprint density at radius 3 is 2.32 bits per heavy atom. The molecule has 0 saturated carbocycles. The van der Waals surface area contributed by atoms with Crippen LogP contribution in [0, 0.1) is 5.92 Å². The molecule has 1 amide bonds. The monoisotopic (exact) mass is 286 g/mol. The third kappa shape index (κ3) is 6.21. The van der Waals surface area contributed by atoms with Crippen molar-refractivity contribution in [3.05, 3.63) is 29.8 Å². The van der Waals surface area contributed by atoms with E-state index in [1.807, 2.05) is 13.8 Å². The molecule has 0 saturated heterocycles. The van der Waals surface area contributed by atoms with E-state index in [2.05, 4.69) is 10.2 Å². The van der Waals surface area contributed by atoms with Crippen molar-refractivity contribution in [1.82, 2.24) is 5.48 Å². The van der Waals surface area contributed by atoms with Gasteiger partial charge in [-0.2, -0.15) is 0 Å². The highest BCUT2D eigenvalue weighted by molar-refractivity contribution is 7.92. The highest BCUT2D eigenvalue weighted by Crippen LogP contribution is 2.10. The predicted molar refractivity (Wildman–Crippen MR) is 73.2 cm³/mol. The number of carbonyl (C=O) groups is 1. The van der Waals surface area contributed by atoms with Crippen molar-refractivity contribution in [3.63, 3.8) is 0 Å². The number of hydroxylamine groups is 1. The molecule has 0 fully saturated rings. The fraction of sp³-hybridized carbons (Fsp3) is 0.417. The number of anilines is 1. The number of hydrogen-bond acceptors (Lipinski definition) is 4. The molecule has 7 heteroatoms. The molecule has 0 aliphatic carbocycles. The molecule has 6 nitrogen and oxygen atoms in total. The minimum Gasteiger partial charge on any atom is -0.284 e. The van der Waals surface area contributed by atoms with Crippen molar-refractivity contribution in [2.75, 3.05) is 17.6 Å². The zero-order valence-corrected chi connectivity index (χ0v) is 12.0. The van der Waals surface area contributed by atoms with Crippen LogP contribution in [0.25, 0.3) is 0 Å². The maximum absolute atomic E-state index is 11.6. The second-order valence-electron chi connectivity index (χ2n) is 4.59. The predicted octanol–water partition coefficient (Wildman–Crippen LogP) is 1.38. The third-order valence-electron chi connectivity index (χ3n) is 2.03. The topological polar surface area (TPSA) is 84.5 Å². The molecule has 0 heterocycles. The summed E-state index contributed by atoms with van der Waals surface area (Å²) in [5.74, 6) is -0.0480. The molecule has 0 radical (unpaired) electrons. The van der Waals surface area contributed by atoms with E-state index in [0.717, 1.165) is 6.26 Å². The summed E-state index contributed by atoms with van der Waals surface area (Å²) in [7, 11) is -3.31. The van der Waals surface area contributed by atoms with Crippen LogP contribution in [-0.2, 0) is 14.9 Å². The van der Waals surface area contributed by atoms with Crippen molar-refractivity contribution in [2.45, 2.75) is 13.8 Å². The van der Waals surface area contributed by atoms with Gasteiger partial charge in [-0.15, -0.1) is 0 Å². The summed E-state index contributed by atoms with van der Waals surface area (Å²) in [6.07, 6.45) is 1.06. The Kier molecular flexibility index (Phi) is 5.31. The van der Waals surface area contributed by atoms with Gasteiger partial charge < -0.3 is 0 Å². The van der Waals surface area contributed by atoms with Gasteiger partial charge in [0, 0.05) is 11.3 Å². The number of amides is 1. The summed E-state index contributed by atoms with van der Waals surface area (Å²) in [5, 5.41) is 0. The lowest BCUT2D eigenvalue weighted by molar-refractivity contribution is 0.0208. The lowest BCUT2D eigenvalue weighted by Gasteiger charge is -2.08. The van der Waals surface area contributed by atoms with Crippen LogP contribution in [0.2, 0.25) is 0 Å². The maximum Gasteiger partial charge on any atom is 0.274 e. The van der Waals surface area contributed by atoms with Gasteiger partial charge in [-0.1, -0.05) is 13.8 Å². The second kappa shape index (κ2) is 6.53. The first kappa shape index (κ1) is 15.5. The third-order valence-corrected chi connectivity index (χ3v) is 2.64. The standard InChI is InChI=1S/C12H18N2O4S/c1-9(2)8-18-13-12(15)10-4-6-11(7-5-10)14-19(3,16)17/h4-7,9,14H,8H2,1-3H3,(H,13,15). The average Bonchev–Trinajstić information content (AvgIpc) is 2.27. The molecule has 19 heavy (non-hydrogen) atoms. The molecular weight excluding hydrogens is 268 g/mol. The lowest BCUT2D eigenvalue weighted by Crippen LogP contribution is -2.25. The molecule has 0 spiro atoms. The van der Waals surface area contributed by atoms with E-state index in [4.69, 9.17) is 4.84 Å². The lowest BCUT2D eigenvalue weighted by atomic mass is 10.2. The van der Waals surface area contributed by atoms with Crippen molar-refractivity contribution >= 4 is 21.6 Å². The maximum atomic E-state index is 11.6. The quantitative estimate of drug-likeness (QED) is 0.774. The minimum absolute atomic E-state index is 0.321. The normalized spacial score (nSPS) is 11.4. The van der Waals surface area contributed by atoms with Gasteiger partial charge in [0.15, 0.2) is 0 Å². The van der Waals surface area contributed by atoms with Crippen LogP contribution < -0.4 is 10.2 Å². The Morgan fingerprint density at radius 1 is 1.26 bits per heavy atom. The first-order valence-corrected chi connectivity index (χ1v) is 7.67. The molecular formula is C12H18N2O4S. The van der Waals surface area contributed by atoms with E-state index in [-0.39, 0.29) is 5.91 Å².